The molecule has 6 nitrogen and oxygen atoms in total. The highest BCUT2D eigenvalue weighted by Gasteiger charge is 2.23. The topological polar surface area (TPSA) is 65.4 Å². The fourth-order valence-corrected chi connectivity index (χ4v) is 3.31. The molecule has 2 heterocycles. The summed E-state index contributed by atoms with van der Waals surface area (Å²) in [5, 5.41) is 7.38. The van der Waals surface area contributed by atoms with Gasteiger partial charge >= 0.3 is 0 Å². The maximum atomic E-state index is 11.9. The Morgan fingerprint density at radius 1 is 1.32 bits per heavy atom. The number of nitrogens with zero attached hydrogens (tertiary/aromatic N) is 2. The van der Waals surface area contributed by atoms with Crippen LogP contribution in [-0.2, 0) is 14.3 Å². The number of carbonyl (C=O) groups excluding carboxylic acids is 1. The molecule has 1 N–H and O–H groups in total. The van der Waals surface area contributed by atoms with Crippen molar-refractivity contribution < 1.29 is 14.3 Å². The maximum absolute atomic E-state index is 11.9. The van der Waals surface area contributed by atoms with Crippen LogP contribution in [0.1, 0.15) is 44.6 Å². The lowest BCUT2D eigenvalue weighted by molar-refractivity contribution is -0.127. The predicted molar refractivity (Wildman–Crippen MR) is 81.5 cm³/mol. The third-order valence-electron chi connectivity index (χ3n) is 4.52. The van der Waals surface area contributed by atoms with Crippen LogP contribution in [0.2, 0.25) is 0 Å². The van der Waals surface area contributed by atoms with Crippen molar-refractivity contribution >= 4 is 5.91 Å². The summed E-state index contributed by atoms with van der Waals surface area (Å²) in [6, 6.07) is 2.70. The smallest absolute Gasteiger partial charge is 0.246 e. The van der Waals surface area contributed by atoms with E-state index < -0.39 is 0 Å². The molecule has 1 aromatic rings. The van der Waals surface area contributed by atoms with Gasteiger partial charge in [-0.25, -0.2) is 0 Å². The Balaban J connectivity index is 1.31. The van der Waals surface area contributed by atoms with E-state index in [9.17, 15) is 4.79 Å². The zero-order valence-electron chi connectivity index (χ0n) is 12.9. The minimum Gasteiger partial charge on any atom is -0.376 e. The standard InChI is InChI=1S/C16H25N3O3/c20-16(12-21-11-15-3-1-10-22-15)18-13-4-6-14(7-5-13)19-9-2-8-17-19/h2,8-9,13-15H,1,3-7,10-12H2,(H,18,20). The molecule has 1 unspecified atom stereocenters. The molecular formula is C16H25N3O3. The predicted octanol–water partition coefficient (Wildman–Crippen LogP) is 1.68. The van der Waals surface area contributed by atoms with Crippen molar-refractivity contribution in [2.45, 2.75) is 56.7 Å². The number of amides is 1. The Hall–Kier alpha value is -1.40. The second-order valence-corrected chi connectivity index (χ2v) is 6.21. The molecule has 1 atom stereocenters. The second kappa shape index (κ2) is 7.74. The fourth-order valence-electron chi connectivity index (χ4n) is 3.31. The molecule has 1 aliphatic heterocycles. The van der Waals surface area contributed by atoms with Crippen molar-refractivity contribution in [3.05, 3.63) is 18.5 Å². The molecule has 1 saturated carbocycles. The van der Waals surface area contributed by atoms with Crippen LogP contribution in [0.15, 0.2) is 18.5 Å². The number of ether oxygens (including phenoxy) is 2. The molecule has 1 aliphatic carbocycles. The van der Waals surface area contributed by atoms with Crippen molar-refractivity contribution in [1.82, 2.24) is 15.1 Å². The minimum atomic E-state index is -0.0134. The SMILES string of the molecule is O=C(COCC1CCCO1)NC1CCC(n2cccn2)CC1. The minimum absolute atomic E-state index is 0.0134. The van der Waals surface area contributed by atoms with E-state index in [1.54, 1.807) is 0 Å². The molecule has 2 fully saturated rings. The van der Waals surface area contributed by atoms with E-state index in [0.29, 0.717) is 12.6 Å². The van der Waals surface area contributed by atoms with E-state index in [1.807, 2.05) is 23.1 Å². The van der Waals surface area contributed by atoms with Crippen molar-refractivity contribution in [1.29, 1.82) is 0 Å². The van der Waals surface area contributed by atoms with Crippen LogP contribution in [0.4, 0.5) is 0 Å². The number of hydrogen-bond donors (Lipinski definition) is 1. The molecule has 1 saturated heterocycles. The first kappa shape index (κ1) is 15.5. The van der Waals surface area contributed by atoms with E-state index in [2.05, 4.69) is 10.4 Å². The lowest BCUT2D eigenvalue weighted by atomic mass is 9.91. The van der Waals surface area contributed by atoms with Gasteiger partial charge in [0.25, 0.3) is 0 Å². The summed E-state index contributed by atoms with van der Waals surface area (Å²) in [5.41, 5.74) is 0. The van der Waals surface area contributed by atoms with E-state index in [1.165, 1.54) is 0 Å². The first-order valence-corrected chi connectivity index (χ1v) is 8.29. The lowest BCUT2D eigenvalue weighted by Gasteiger charge is -2.29. The highest BCUT2D eigenvalue weighted by Crippen LogP contribution is 2.27. The van der Waals surface area contributed by atoms with E-state index in [-0.39, 0.29) is 24.7 Å². The van der Waals surface area contributed by atoms with Gasteiger partial charge < -0.3 is 14.8 Å². The van der Waals surface area contributed by atoms with Gasteiger partial charge in [0, 0.05) is 25.0 Å². The molecule has 122 valence electrons. The van der Waals surface area contributed by atoms with Gasteiger partial charge in [0.2, 0.25) is 5.91 Å². The van der Waals surface area contributed by atoms with Gasteiger partial charge in [0.15, 0.2) is 0 Å². The lowest BCUT2D eigenvalue weighted by Crippen LogP contribution is -2.40. The molecule has 0 spiro atoms. The summed E-state index contributed by atoms with van der Waals surface area (Å²) in [6.45, 7) is 1.48. The summed E-state index contributed by atoms with van der Waals surface area (Å²) < 4.78 is 12.9. The zero-order chi connectivity index (χ0) is 15.2. The van der Waals surface area contributed by atoms with Gasteiger partial charge in [0.05, 0.1) is 18.8 Å². The summed E-state index contributed by atoms with van der Waals surface area (Å²) >= 11 is 0. The molecular weight excluding hydrogens is 282 g/mol. The first-order chi connectivity index (χ1) is 10.8. The Morgan fingerprint density at radius 2 is 2.18 bits per heavy atom. The van der Waals surface area contributed by atoms with Gasteiger partial charge in [-0.2, -0.15) is 5.10 Å². The molecule has 6 heteroatoms. The molecule has 1 amide bonds. The van der Waals surface area contributed by atoms with Crippen LogP contribution in [0, 0.1) is 0 Å². The van der Waals surface area contributed by atoms with Crippen LogP contribution in [0.25, 0.3) is 0 Å². The first-order valence-electron chi connectivity index (χ1n) is 8.29. The van der Waals surface area contributed by atoms with Crippen molar-refractivity contribution in [2.75, 3.05) is 19.8 Å². The van der Waals surface area contributed by atoms with Crippen LogP contribution in [0.5, 0.6) is 0 Å². The Morgan fingerprint density at radius 3 is 2.86 bits per heavy atom. The summed E-state index contributed by atoms with van der Waals surface area (Å²) in [7, 11) is 0. The third kappa shape index (κ3) is 4.30. The van der Waals surface area contributed by atoms with Crippen molar-refractivity contribution in [3.8, 4) is 0 Å². The summed E-state index contributed by atoms with van der Waals surface area (Å²) in [5.74, 6) is -0.0134. The average molecular weight is 307 g/mol. The van der Waals surface area contributed by atoms with E-state index >= 15 is 0 Å². The quantitative estimate of drug-likeness (QED) is 0.868. The highest BCUT2D eigenvalue weighted by molar-refractivity contribution is 5.77. The number of rotatable bonds is 6. The average Bonchev–Trinajstić information content (AvgIpc) is 3.21. The molecule has 3 rings (SSSR count). The third-order valence-corrected chi connectivity index (χ3v) is 4.52. The monoisotopic (exact) mass is 307 g/mol. The van der Waals surface area contributed by atoms with E-state index in [0.717, 1.165) is 45.1 Å². The Kier molecular flexibility index (Phi) is 5.45. The zero-order valence-corrected chi connectivity index (χ0v) is 12.9. The molecule has 0 aromatic carbocycles. The van der Waals surface area contributed by atoms with E-state index in [4.69, 9.17) is 9.47 Å². The van der Waals surface area contributed by atoms with Gasteiger partial charge in [-0.3, -0.25) is 9.48 Å². The van der Waals surface area contributed by atoms with Gasteiger partial charge in [-0.15, -0.1) is 0 Å². The second-order valence-electron chi connectivity index (χ2n) is 6.21. The number of aromatic nitrogens is 2. The van der Waals surface area contributed by atoms with Crippen molar-refractivity contribution in [2.24, 2.45) is 0 Å². The largest absolute Gasteiger partial charge is 0.376 e. The normalized spacial score (nSPS) is 28.6. The van der Waals surface area contributed by atoms with Gasteiger partial charge in [-0.05, 0) is 44.6 Å². The number of hydrogen-bond acceptors (Lipinski definition) is 4. The number of carbonyl (C=O) groups is 1. The molecule has 22 heavy (non-hydrogen) atoms. The fraction of sp³-hybridized carbons (Fsp3) is 0.750. The Bertz CT molecular complexity index is 449. The van der Waals surface area contributed by atoms with Gasteiger partial charge in [-0.1, -0.05) is 0 Å². The summed E-state index contributed by atoms with van der Waals surface area (Å²) in [4.78, 5) is 11.9. The van der Waals surface area contributed by atoms with Crippen molar-refractivity contribution in [3.63, 3.8) is 0 Å². The highest BCUT2D eigenvalue weighted by atomic mass is 16.5. The summed E-state index contributed by atoms with van der Waals surface area (Å²) in [6.07, 6.45) is 10.3. The molecule has 0 radical (unpaired) electrons. The molecule has 1 aromatic heterocycles. The van der Waals surface area contributed by atoms with Crippen LogP contribution >= 0.6 is 0 Å². The van der Waals surface area contributed by atoms with Crippen LogP contribution < -0.4 is 5.32 Å². The Labute approximate surface area is 131 Å². The molecule has 0 bridgehead atoms. The van der Waals surface area contributed by atoms with Crippen LogP contribution in [-0.4, -0.2) is 47.7 Å². The van der Waals surface area contributed by atoms with Crippen LogP contribution in [0.3, 0.4) is 0 Å². The number of nitrogens with one attached hydrogen (secondary N) is 1. The van der Waals surface area contributed by atoms with Gasteiger partial charge in [0.1, 0.15) is 6.61 Å². The maximum Gasteiger partial charge on any atom is 0.246 e. The molecule has 2 aliphatic rings.